The number of hydrogen-bond acceptors (Lipinski definition) is 7. The lowest BCUT2D eigenvalue weighted by Crippen LogP contribution is -2.53. The SMILES string of the molecule is CN(C(=O)c1cc(N2CCN(CC3CCN(C=O)CC3)CC2)ccc1C=O)C1CCC(=O)NC1=O. The lowest BCUT2D eigenvalue weighted by Gasteiger charge is -2.39. The van der Waals surface area contributed by atoms with Crippen molar-refractivity contribution in [3.63, 3.8) is 0 Å². The smallest absolute Gasteiger partial charge is 0.255 e. The molecule has 3 saturated heterocycles. The fourth-order valence-corrected chi connectivity index (χ4v) is 5.21. The van der Waals surface area contributed by atoms with Gasteiger partial charge in [0, 0.05) is 70.5 Å². The van der Waals surface area contributed by atoms with Crippen LogP contribution >= 0.6 is 0 Å². The molecule has 4 rings (SSSR count). The highest BCUT2D eigenvalue weighted by molar-refractivity contribution is 6.06. The first-order valence-electron chi connectivity index (χ1n) is 12.3. The van der Waals surface area contributed by atoms with Crippen LogP contribution in [0.15, 0.2) is 18.2 Å². The van der Waals surface area contributed by atoms with E-state index in [1.807, 2.05) is 11.0 Å². The highest BCUT2D eigenvalue weighted by Gasteiger charge is 2.33. The van der Waals surface area contributed by atoms with E-state index in [1.165, 1.54) is 11.9 Å². The normalized spacial score (nSPS) is 22.0. The molecule has 10 heteroatoms. The highest BCUT2D eigenvalue weighted by atomic mass is 16.2. The van der Waals surface area contributed by atoms with Gasteiger partial charge in [0.1, 0.15) is 6.04 Å². The van der Waals surface area contributed by atoms with E-state index in [0.717, 1.165) is 70.8 Å². The summed E-state index contributed by atoms with van der Waals surface area (Å²) in [6.45, 7) is 6.13. The van der Waals surface area contributed by atoms with E-state index in [-0.39, 0.29) is 29.9 Å². The van der Waals surface area contributed by atoms with Crippen molar-refractivity contribution in [1.29, 1.82) is 0 Å². The van der Waals surface area contributed by atoms with Gasteiger partial charge in [-0.1, -0.05) is 0 Å². The number of carbonyl (C=O) groups excluding carboxylic acids is 5. The van der Waals surface area contributed by atoms with E-state index in [9.17, 15) is 24.0 Å². The van der Waals surface area contributed by atoms with Crippen molar-refractivity contribution < 1.29 is 24.0 Å². The molecule has 10 nitrogen and oxygen atoms in total. The number of piperidine rings is 2. The first-order valence-corrected chi connectivity index (χ1v) is 12.3. The van der Waals surface area contributed by atoms with E-state index in [4.69, 9.17) is 0 Å². The molecule has 0 saturated carbocycles. The number of nitrogens with zero attached hydrogens (tertiary/aromatic N) is 4. The highest BCUT2D eigenvalue weighted by Crippen LogP contribution is 2.24. The predicted octanol–water partition coefficient (Wildman–Crippen LogP) is 0.367. The third-order valence-electron chi connectivity index (χ3n) is 7.44. The van der Waals surface area contributed by atoms with Crippen molar-refractivity contribution in [2.24, 2.45) is 5.92 Å². The van der Waals surface area contributed by atoms with Crippen molar-refractivity contribution in [2.75, 3.05) is 57.8 Å². The van der Waals surface area contributed by atoms with Crippen LogP contribution in [0.1, 0.15) is 46.4 Å². The number of anilines is 1. The summed E-state index contributed by atoms with van der Waals surface area (Å²) >= 11 is 0. The molecule has 3 aliphatic rings. The zero-order chi connectivity index (χ0) is 24.9. The fourth-order valence-electron chi connectivity index (χ4n) is 5.21. The molecule has 1 N–H and O–H groups in total. The lowest BCUT2D eigenvalue weighted by atomic mass is 9.96. The Hall–Kier alpha value is -3.27. The van der Waals surface area contributed by atoms with Gasteiger partial charge in [-0.25, -0.2) is 0 Å². The standard InChI is InChI=1S/C25H33N5O5/c1-27(22-4-5-23(33)26-24(22)34)25(35)21-14-20(3-2-19(21)16-31)30-12-10-28(11-13-30)15-18-6-8-29(17-32)9-7-18/h2-3,14,16-18,22H,4-13,15H2,1H3,(H,26,33,34). The molecule has 1 aromatic rings. The predicted molar refractivity (Wildman–Crippen MR) is 129 cm³/mol. The van der Waals surface area contributed by atoms with Crippen LogP contribution in [0.2, 0.25) is 0 Å². The summed E-state index contributed by atoms with van der Waals surface area (Å²) < 4.78 is 0. The number of likely N-dealkylation sites (tertiary alicyclic amines) is 1. The largest absolute Gasteiger partial charge is 0.369 e. The van der Waals surface area contributed by atoms with Gasteiger partial charge in [-0.05, 0) is 43.4 Å². The van der Waals surface area contributed by atoms with Crippen molar-refractivity contribution in [3.8, 4) is 0 Å². The summed E-state index contributed by atoms with van der Waals surface area (Å²) in [6.07, 6.45) is 4.11. The van der Waals surface area contributed by atoms with E-state index in [1.54, 1.807) is 12.1 Å². The molecular weight excluding hydrogens is 450 g/mol. The first-order chi connectivity index (χ1) is 16.9. The van der Waals surface area contributed by atoms with Crippen LogP contribution in [0.4, 0.5) is 5.69 Å². The van der Waals surface area contributed by atoms with Gasteiger partial charge in [-0.15, -0.1) is 0 Å². The maximum Gasteiger partial charge on any atom is 0.255 e. The Labute approximate surface area is 205 Å². The number of amides is 4. The van der Waals surface area contributed by atoms with Gasteiger partial charge in [-0.3, -0.25) is 34.2 Å². The maximum atomic E-state index is 13.3. The summed E-state index contributed by atoms with van der Waals surface area (Å²) in [6, 6.07) is 4.50. The zero-order valence-electron chi connectivity index (χ0n) is 20.1. The second-order valence-electron chi connectivity index (χ2n) is 9.64. The van der Waals surface area contributed by atoms with Crippen LogP contribution in [0.25, 0.3) is 0 Å². The Balaban J connectivity index is 1.38. The summed E-state index contributed by atoms with van der Waals surface area (Å²) in [5.74, 6) is -0.637. The Morgan fingerprint density at radius 1 is 1.06 bits per heavy atom. The molecule has 0 aromatic heterocycles. The van der Waals surface area contributed by atoms with Crippen LogP contribution in [0.5, 0.6) is 0 Å². The fraction of sp³-hybridized carbons (Fsp3) is 0.560. The van der Waals surface area contributed by atoms with Gasteiger partial charge >= 0.3 is 0 Å². The van der Waals surface area contributed by atoms with Gasteiger partial charge < -0.3 is 14.7 Å². The Morgan fingerprint density at radius 3 is 2.40 bits per heavy atom. The molecule has 1 atom stereocenters. The molecule has 0 radical (unpaired) electrons. The minimum absolute atomic E-state index is 0.176. The van der Waals surface area contributed by atoms with E-state index >= 15 is 0 Å². The monoisotopic (exact) mass is 483 g/mol. The molecule has 4 amide bonds. The number of carbonyl (C=O) groups is 5. The number of imide groups is 1. The second-order valence-corrected chi connectivity index (χ2v) is 9.64. The van der Waals surface area contributed by atoms with Crippen LogP contribution < -0.4 is 10.2 Å². The average Bonchev–Trinajstić information content (AvgIpc) is 2.88. The molecule has 35 heavy (non-hydrogen) atoms. The van der Waals surface area contributed by atoms with Crippen molar-refractivity contribution in [2.45, 2.75) is 31.7 Å². The van der Waals surface area contributed by atoms with Crippen LogP contribution in [0, 0.1) is 5.92 Å². The second kappa shape index (κ2) is 11.0. The zero-order valence-corrected chi connectivity index (χ0v) is 20.1. The van der Waals surface area contributed by atoms with Crippen LogP contribution in [0.3, 0.4) is 0 Å². The average molecular weight is 484 g/mol. The van der Waals surface area contributed by atoms with Crippen LogP contribution in [-0.4, -0.2) is 104 Å². The maximum absolute atomic E-state index is 13.3. The molecule has 1 unspecified atom stereocenters. The van der Waals surface area contributed by atoms with Crippen molar-refractivity contribution >= 4 is 36.1 Å². The number of benzene rings is 1. The van der Waals surface area contributed by atoms with Gasteiger partial charge in [0.15, 0.2) is 6.29 Å². The van der Waals surface area contributed by atoms with Crippen LogP contribution in [-0.2, 0) is 14.4 Å². The third-order valence-corrected chi connectivity index (χ3v) is 7.44. The number of likely N-dealkylation sites (N-methyl/N-ethyl adjacent to an activating group) is 1. The number of aldehydes is 1. The molecule has 1 aromatic carbocycles. The molecule has 188 valence electrons. The molecule has 3 aliphatic heterocycles. The van der Waals surface area contributed by atoms with E-state index < -0.39 is 17.9 Å². The molecular formula is C25H33N5O5. The van der Waals surface area contributed by atoms with Gasteiger partial charge in [-0.2, -0.15) is 0 Å². The molecule has 0 bridgehead atoms. The van der Waals surface area contributed by atoms with Gasteiger partial charge in [0.05, 0.1) is 5.56 Å². The summed E-state index contributed by atoms with van der Waals surface area (Å²) in [5, 5.41) is 2.27. The molecule has 3 heterocycles. The summed E-state index contributed by atoms with van der Waals surface area (Å²) in [4.78, 5) is 67.3. The minimum Gasteiger partial charge on any atom is -0.369 e. The van der Waals surface area contributed by atoms with Gasteiger partial charge in [0.25, 0.3) is 5.91 Å². The minimum atomic E-state index is -0.745. The first kappa shape index (κ1) is 24.8. The van der Waals surface area contributed by atoms with Gasteiger partial charge in [0.2, 0.25) is 18.2 Å². The molecule has 3 fully saturated rings. The number of piperazine rings is 1. The van der Waals surface area contributed by atoms with Crippen molar-refractivity contribution in [3.05, 3.63) is 29.3 Å². The molecule has 0 spiro atoms. The Bertz CT molecular complexity index is 982. The van der Waals surface area contributed by atoms with E-state index in [0.29, 0.717) is 12.2 Å². The Morgan fingerprint density at radius 2 is 1.77 bits per heavy atom. The summed E-state index contributed by atoms with van der Waals surface area (Å²) in [5.41, 5.74) is 1.40. The quantitative estimate of drug-likeness (QED) is 0.441. The number of rotatable bonds is 7. The number of hydrogen-bond donors (Lipinski definition) is 1. The lowest BCUT2D eigenvalue weighted by molar-refractivity contribution is -0.136. The molecule has 0 aliphatic carbocycles. The Kier molecular flexibility index (Phi) is 7.80. The van der Waals surface area contributed by atoms with E-state index in [2.05, 4.69) is 15.1 Å². The number of nitrogens with one attached hydrogen (secondary N) is 1. The topological polar surface area (TPSA) is 110 Å². The summed E-state index contributed by atoms with van der Waals surface area (Å²) in [7, 11) is 1.53. The van der Waals surface area contributed by atoms with Crippen molar-refractivity contribution in [1.82, 2.24) is 20.0 Å². The third kappa shape index (κ3) is 5.70.